The zero-order chi connectivity index (χ0) is 20.9. The molecule has 1 rings (SSSR count). The van der Waals surface area contributed by atoms with Crippen molar-refractivity contribution in [2.24, 2.45) is 5.16 Å². The van der Waals surface area contributed by atoms with E-state index in [0.29, 0.717) is 19.8 Å². The molecule has 0 aliphatic rings. The molecule has 0 N–H and O–H groups in total. The highest BCUT2D eigenvalue weighted by molar-refractivity contribution is 6.55. The first-order chi connectivity index (χ1) is 13.4. The van der Waals surface area contributed by atoms with Crippen molar-refractivity contribution in [1.82, 2.24) is 0 Å². The highest BCUT2D eigenvalue weighted by atomic mass is 35.5. The molecule has 28 heavy (non-hydrogen) atoms. The van der Waals surface area contributed by atoms with Gasteiger partial charge in [-0.3, -0.25) is 0 Å². The third-order valence-electron chi connectivity index (χ3n) is 4.20. The molecule has 0 aliphatic carbocycles. The molecule has 158 valence electrons. The maximum atomic E-state index is 6.17. The average molecular weight is 430 g/mol. The van der Waals surface area contributed by atoms with Gasteiger partial charge in [0, 0.05) is 11.1 Å². The Morgan fingerprint density at radius 2 is 1.68 bits per heavy atom. The van der Waals surface area contributed by atoms with Crippen LogP contribution in [0.25, 0.3) is 0 Å². The van der Waals surface area contributed by atoms with E-state index in [9.17, 15) is 0 Å². The summed E-state index contributed by atoms with van der Waals surface area (Å²) in [4.78, 5) is 5.22. The summed E-state index contributed by atoms with van der Waals surface area (Å²) < 4.78 is 12.3. The molecule has 0 heterocycles. The topological polar surface area (TPSA) is 40.0 Å². The Morgan fingerprint density at radius 1 is 1.00 bits per heavy atom. The van der Waals surface area contributed by atoms with E-state index < -0.39 is 0 Å². The maximum Gasteiger partial charge on any atom is 0.125 e. The molecule has 0 spiro atoms. The zero-order valence-electron chi connectivity index (χ0n) is 17.7. The molecule has 1 aromatic carbocycles. The molecule has 0 radical (unpaired) electrons. The van der Waals surface area contributed by atoms with Gasteiger partial charge in [-0.1, -0.05) is 42.2 Å². The average Bonchev–Trinajstić information content (AvgIpc) is 2.64. The van der Waals surface area contributed by atoms with Crippen LogP contribution in [0.1, 0.15) is 63.6 Å². The second kappa shape index (κ2) is 13.7. The molecule has 0 amide bonds. The lowest BCUT2D eigenvalue weighted by Crippen LogP contribution is -2.07. The van der Waals surface area contributed by atoms with Crippen molar-refractivity contribution >= 4 is 28.9 Å². The van der Waals surface area contributed by atoms with E-state index >= 15 is 0 Å². The second-order valence-electron chi connectivity index (χ2n) is 6.77. The van der Waals surface area contributed by atoms with Crippen molar-refractivity contribution in [2.45, 2.75) is 66.7 Å². The molecule has 0 aliphatic heterocycles. The molecule has 0 unspecified atom stereocenters. The van der Waals surface area contributed by atoms with Gasteiger partial charge in [0.05, 0.1) is 12.3 Å². The molecule has 0 saturated carbocycles. The third kappa shape index (κ3) is 8.74. The van der Waals surface area contributed by atoms with Gasteiger partial charge in [-0.15, -0.1) is 0 Å². The van der Waals surface area contributed by atoms with Crippen molar-refractivity contribution in [3.8, 4) is 11.5 Å². The van der Waals surface area contributed by atoms with Gasteiger partial charge in [-0.25, -0.2) is 0 Å². The molecule has 0 atom stereocenters. The van der Waals surface area contributed by atoms with Crippen molar-refractivity contribution in [1.29, 1.82) is 0 Å². The number of hydrogen-bond acceptors (Lipinski definition) is 4. The van der Waals surface area contributed by atoms with Crippen LogP contribution >= 0.6 is 23.2 Å². The van der Waals surface area contributed by atoms with Gasteiger partial charge >= 0.3 is 0 Å². The van der Waals surface area contributed by atoms with Crippen LogP contribution in [0.2, 0.25) is 0 Å². The van der Waals surface area contributed by atoms with Crippen LogP contribution in [0, 0.1) is 6.92 Å². The van der Waals surface area contributed by atoms with Gasteiger partial charge in [0.2, 0.25) is 0 Å². The first kappa shape index (κ1) is 24.6. The standard InChI is InChI=1S/C22H33Cl2NO3/c1-6-18-19(7-2)22(17(5)15-20(18)26-14-11-21(23)24)27-12-9-8-10-13-28-25-16(3)4/h11,15H,6-10,12-14H2,1-5H3. The van der Waals surface area contributed by atoms with E-state index in [4.69, 9.17) is 37.5 Å². The van der Waals surface area contributed by atoms with Gasteiger partial charge in [-0.2, -0.15) is 0 Å². The van der Waals surface area contributed by atoms with Gasteiger partial charge in [-0.05, 0) is 70.6 Å². The van der Waals surface area contributed by atoms with Crippen molar-refractivity contribution in [3.05, 3.63) is 33.3 Å². The summed E-state index contributed by atoms with van der Waals surface area (Å²) >= 11 is 11.3. The summed E-state index contributed by atoms with van der Waals surface area (Å²) in [5.74, 6) is 1.86. The fraction of sp³-hybridized carbons (Fsp3) is 0.591. The SMILES string of the molecule is CCc1c(OCC=C(Cl)Cl)cc(C)c(OCCCCCON=C(C)C)c1CC. The number of ether oxygens (including phenoxy) is 2. The summed E-state index contributed by atoms with van der Waals surface area (Å²) in [6.07, 6.45) is 6.42. The summed E-state index contributed by atoms with van der Waals surface area (Å²) in [5, 5.41) is 3.94. The summed E-state index contributed by atoms with van der Waals surface area (Å²) in [5.41, 5.74) is 4.42. The number of benzene rings is 1. The van der Waals surface area contributed by atoms with E-state index in [1.54, 1.807) is 6.08 Å². The largest absolute Gasteiger partial charge is 0.493 e. The lowest BCUT2D eigenvalue weighted by molar-refractivity contribution is 0.138. The Hall–Kier alpha value is -1.39. The van der Waals surface area contributed by atoms with Crippen LogP contribution in [-0.4, -0.2) is 25.5 Å². The first-order valence-electron chi connectivity index (χ1n) is 9.95. The normalized spacial score (nSPS) is 10.4. The van der Waals surface area contributed by atoms with Crippen LogP contribution in [-0.2, 0) is 17.7 Å². The van der Waals surface area contributed by atoms with Gasteiger partial charge in [0.25, 0.3) is 0 Å². The van der Waals surface area contributed by atoms with Crippen LogP contribution in [0.15, 0.2) is 21.8 Å². The predicted octanol–water partition coefficient (Wildman–Crippen LogP) is 6.78. The van der Waals surface area contributed by atoms with Crippen LogP contribution < -0.4 is 9.47 Å². The van der Waals surface area contributed by atoms with Gasteiger partial charge in [0.15, 0.2) is 0 Å². The minimum absolute atomic E-state index is 0.215. The minimum atomic E-state index is 0.215. The second-order valence-corrected chi connectivity index (χ2v) is 7.78. The summed E-state index contributed by atoms with van der Waals surface area (Å²) in [7, 11) is 0. The summed E-state index contributed by atoms with van der Waals surface area (Å²) in [6, 6.07) is 2.04. The lowest BCUT2D eigenvalue weighted by Gasteiger charge is -2.20. The highest BCUT2D eigenvalue weighted by Crippen LogP contribution is 2.35. The number of nitrogens with zero attached hydrogens (tertiary/aromatic N) is 1. The van der Waals surface area contributed by atoms with Crippen molar-refractivity contribution < 1.29 is 14.3 Å². The van der Waals surface area contributed by atoms with Crippen LogP contribution in [0.5, 0.6) is 11.5 Å². The number of unbranched alkanes of at least 4 members (excludes halogenated alkanes) is 2. The molecular formula is C22H33Cl2NO3. The Kier molecular flexibility index (Phi) is 12.1. The Balaban J connectivity index is 2.68. The summed E-state index contributed by atoms with van der Waals surface area (Å²) in [6.45, 7) is 11.9. The quantitative estimate of drug-likeness (QED) is 0.197. The van der Waals surface area contributed by atoms with E-state index in [2.05, 4.69) is 25.9 Å². The Morgan fingerprint density at radius 3 is 2.29 bits per heavy atom. The fourth-order valence-electron chi connectivity index (χ4n) is 2.95. The fourth-order valence-corrected chi connectivity index (χ4v) is 3.08. The molecule has 0 saturated heterocycles. The van der Waals surface area contributed by atoms with Crippen LogP contribution in [0.4, 0.5) is 0 Å². The molecule has 1 aromatic rings. The number of oxime groups is 1. The Labute approximate surface area is 179 Å². The monoisotopic (exact) mass is 429 g/mol. The number of halogens is 2. The van der Waals surface area contributed by atoms with E-state index in [1.807, 2.05) is 19.9 Å². The van der Waals surface area contributed by atoms with E-state index in [0.717, 1.165) is 54.9 Å². The number of hydrogen-bond donors (Lipinski definition) is 0. The van der Waals surface area contributed by atoms with Gasteiger partial charge < -0.3 is 14.3 Å². The minimum Gasteiger partial charge on any atom is -0.493 e. The highest BCUT2D eigenvalue weighted by Gasteiger charge is 2.16. The molecule has 4 nitrogen and oxygen atoms in total. The van der Waals surface area contributed by atoms with Crippen molar-refractivity contribution in [3.63, 3.8) is 0 Å². The van der Waals surface area contributed by atoms with Crippen molar-refractivity contribution in [2.75, 3.05) is 19.8 Å². The molecule has 0 fully saturated rings. The van der Waals surface area contributed by atoms with Gasteiger partial charge in [0.1, 0.15) is 29.2 Å². The zero-order valence-corrected chi connectivity index (χ0v) is 19.3. The lowest BCUT2D eigenvalue weighted by atomic mass is 9.97. The smallest absolute Gasteiger partial charge is 0.125 e. The van der Waals surface area contributed by atoms with Crippen LogP contribution in [0.3, 0.4) is 0 Å². The van der Waals surface area contributed by atoms with E-state index in [1.165, 1.54) is 11.1 Å². The molecular weight excluding hydrogens is 397 g/mol. The van der Waals surface area contributed by atoms with E-state index in [-0.39, 0.29) is 4.49 Å². The number of aryl methyl sites for hydroxylation is 1. The maximum absolute atomic E-state index is 6.17. The Bertz CT molecular complexity index is 664. The molecule has 0 aromatic heterocycles. The predicted molar refractivity (Wildman–Crippen MR) is 119 cm³/mol. The molecule has 0 bridgehead atoms. The number of rotatable bonds is 13. The first-order valence-corrected chi connectivity index (χ1v) is 10.7. The molecule has 6 heteroatoms. The third-order valence-corrected chi connectivity index (χ3v) is 4.51.